The molecule has 0 aromatic heterocycles. The van der Waals surface area contributed by atoms with Crippen molar-refractivity contribution in [1.82, 2.24) is 10.6 Å². The maximum Gasteiger partial charge on any atom is 0.251 e. The maximum absolute atomic E-state index is 12.2. The lowest BCUT2D eigenvalue weighted by atomic mass is 10.1. The molecule has 0 aliphatic carbocycles. The Bertz CT molecular complexity index is 442. The van der Waals surface area contributed by atoms with Gasteiger partial charge < -0.3 is 10.6 Å². The normalized spacial score (nSPS) is 15.1. The van der Waals surface area contributed by atoms with E-state index in [-0.39, 0.29) is 11.9 Å². The number of carbonyl (C=O) groups is 1. The molecule has 3 heteroatoms. The number of rotatable bonds is 6. The molecule has 1 aromatic carbocycles. The Morgan fingerprint density at radius 1 is 1.32 bits per heavy atom. The number of hydrogen-bond acceptors (Lipinski definition) is 2. The van der Waals surface area contributed by atoms with E-state index >= 15 is 0 Å². The summed E-state index contributed by atoms with van der Waals surface area (Å²) in [6.45, 7) is 6.08. The van der Waals surface area contributed by atoms with E-state index in [1.54, 1.807) is 0 Å². The van der Waals surface area contributed by atoms with Crippen molar-refractivity contribution < 1.29 is 4.79 Å². The topological polar surface area (TPSA) is 41.1 Å². The van der Waals surface area contributed by atoms with Crippen LogP contribution in [0.2, 0.25) is 0 Å². The Hall–Kier alpha value is -1.35. The Kier molecular flexibility index (Phi) is 4.97. The molecule has 1 aliphatic heterocycles. The zero-order chi connectivity index (χ0) is 13.7. The van der Waals surface area contributed by atoms with E-state index in [1.807, 2.05) is 12.1 Å². The van der Waals surface area contributed by atoms with E-state index in [9.17, 15) is 4.79 Å². The molecule has 1 heterocycles. The molecule has 0 saturated carbocycles. The monoisotopic (exact) mass is 260 g/mol. The van der Waals surface area contributed by atoms with Crippen LogP contribution in [0.1, 0.15) is 61.0 Å². The van der Waals surface area contributed by atoms with Crippen LogP contribution in [0.5, 0.6) is 0 Å². The fraction of sp³-hybridized carbons (Fsp3) is 0.562. The molecule has 1 amide bonds. The van der Waals surface area contributed by atoms with Crippen molar-refractivity contribution in [3.8, 4) is 0 Å². The van der Waals surface area contributed by atoms with Gasteiger partial charge in [-0.3, -0.25) is 4.79 Å². The van der Waals surface area contributed by atoms with E-state index < -0.39 is 0 Å². The Labute approximate surface area is 115 Å². The molecule has 0 fully saturated rings. The van der Waals surface area contributed by atoms with Crippen molar-refractivity contribution in [3.63, 3.8) is 0 Å². The van der Waals surface area contributed by atoms with E-state index in [2.05, 4.69) is 30.5 Å². The number of fused-ring (bicyclic) bond motifs is 1. The second kappa shape index (κ2) is 6.71. The van der Waals surface area contributed by atoms with Crippen molar-refractivity contribution in [2.24, 2.45) is 0 Å². The summed E-state index contributed by atoms with van der Waals surface area (Å²) < 4.78 is 0. The average molecular weight is 260 g/mol. The minimum absolute atomic E-state index is 0.0544. The summed E-state index contributed by atoms with van der Waals surface area (Å²) in [5.74, 6) is 0.0544. The van der Waals surface area contributed by atoms with Gasteiger partial charge in [-0.2, -0.15) is 0 Å². The van der Waals surface area contributed by atoms with Gasteiger partial charge in [-0.25, -0.2) is 0 Å². The van der Waals surface area contributed by atoms with Crippen molar-refractivity contribution in [2.45, 2.75) is 58.7 Å². The minimum atomic E-state index is 0.0544. The zero-order valence-electron chi connectivity index (χ0n) is 12.0. The third-order valence-corrected chi connectivity index (χ3v) is 3.72. The second-order valence-corrected chi connectivity index (χ2v) is 5.46. The van der Waals surface area contributed by atoms with Gasteiger partial charge in [0.15, 0.2) is 0 Å². The molecule has 3 nitrogen and oxygen atoms in total. The molecule has 2 N–H and O–H groups in total. The van der Waals surface area contributed by atoms with Crippen LogP contribution < -0.4 is 10.6 Å². The minimum Gasteiger partial charge on any atom is -0.350 e. The molecule has 0 spiro atoms. The van der Waals surface area contributed by atoms with Gasteiger partial charge in [0.2, 0.25) is 0 Å². The molecular formula is C16H24N2O. The Morgan fingerprint density at radius 2 is 2.11 bits per heavy atom. The first kappa shape index (κ1) is 14.1. The summed E-state index contributed by atoms with van der Waals surface area (Å²) in [6.07, 6.45) is 4.71. The Morgan fingerprint density at radius 3 is 2.89 bits per heavy atom. The molecule has 0 bridgehead atoms. The van der Waals surface area contributed by atoms with Gasteiger partial charge in [0.05, 0.1) is 0 Å². The smallest absolute Gasteiger partial charge is 0.251 e. The van der Waals surface area contributed by atoms with Crippen LogP contribution in [0, 0.1) is 0 Å². The fourth-order valence-electron chi connectivity index (χ4n) is 2.52. The highest BCUT2D eigenvalue weighted by Crippen LogP contribution is 2.17. The summed E-state index contributed by atoms with van der Waals surface area (Å²) >= 11 is 0. The summed E-state index contributed by atoms with van der Waals surface area (Å²) in [4.78, 5) is 12.2. The largest absolute Gasteiger partial charge is 0.350 e. The van der Waals surface area contributed by atoms with Gasteiger partial charge in [-0.15, -0.1) is 0 Å². The molecule has 19 heavy (non-hydrogen) atoms. The predicted octanol–water partition coefficient (Wildman–Crippen LogP) is 2.99. The van der Waals surface area contributed by atoms with Crippen molar-refractivity contribution in [2.75, 3.05) is 0 Å². The van der Waals surface area contributed by atoms with Crippen LogP contribution in [-0.2, 0) is 13.1 Å². The van der Waals surface area contributed by atoms with Gasteiger partial charge in [-0.1, -0.05) is 32.3 Å². The highest BCUT2D eigenvalue weighted by molar-refractivity contribution is 5.94. The van der Waals surface area contributed by atoms with Crippen LogP contribution in [0.4, 0.5) is 0 Å². The lowest BCUT2D eigenvalue weighted by Gasteiger charge is -2.14. The van der Waals surface area contributed by atoms with Crippen LogP contribution in [0.15, 0.2) is 18.2 Å². The summed E-state index contributed by atoms with van der Waals surface area (Å²) in [5, 5.41) is 6.38. The molecule has 104 valence electrons. The number of nitrogens with one attached hydrogen (secondary N) is 2. The second-order valence-electron chi connectivity index (χ2n) is 5.46. The number of benzene rings is 1. The molecule has 0 radical (unpaired) electrons. The van der Waals surface area contributed by atoms with E-state index in [1.165, 1.54) is 30.4 Å². The maximum atomic E-state index is 12.2. The molecule has 1 unspecified atom stereocenters. The highest BCUT2D eigenvalue weighted by Gasteiger charge is 2.14. The zero-order valence-corrected chi connectivity index (χ0v) is 12.0. The standard InChI is InChI=1S/C16H24N2O/c1-3-4-5-6-12(2)18-16(19)13-7-8-14-10-17-11-15(14)9-13/h7-9,12,17H,3-6,10-11H2,1-2H3,(H,18,19). The number of hydrogen-bond donors (Lipinski definition) is 2. The van der Waals surface area contributed by atoms with Crippen molar-refractivity contribution in [3.05, 3.63) is 34.9 Å². The van der Waals surface area contributed by atoms with E-state index in [0.29, 0.717) is 0 Å². The van der Waals surface area contributed by atoms with E-state index in [0.717, 1.165) is 25.1 Å². The van der Waals surface area contributed by atoms with Crippen LogP contribution in [0.25, 0.3) is 0 Å². The molecule has 1 aromatic rings. The first-order valence-electron chi connectivity index (χ1n) is 7.34. The van der Waals surface area contributed by atoms with Crippen molar-refractivity contribution in [1.29, 1.82) is 0 Å². The van der Waals surface area contributed by atoms with Crippen molar-refractivity contribution >= 4 is 5.91 Å². The third-order valence-electron chi connectivity index (χ3n) is 3.72. The molecular weight excluding hydrogens is 236 g/mol. The van der Waals surface area contributed by atoms with Crippen LogP contribution >= 0.6 is 0 Å². The first-order valence-corrected chi connectivity index (χ1v) is 7.34. The SMILES string of the molecule is CCCCCC(C)NC(=O)c1ccc2c(c1)CNC2. The van der Waals surface area contributed by atoms with Gasteiger partial charge in [0.1, 0.15) is 0 Å². The number of amides is 1. The highest BCUT2D eigenvalue weighted by atomic mass is 16.1. The fourth-order valence-corrected chi connectivity index (χ4v) is 2.52. The summed E-state index contributed by atoms with van der Waals surface area (Å²) in [5.41, 5.74) is 3.35. The van der Waals surface area contributed by atoms with E-state index in [4.69, 9.17) is 0 Å². The number of unbranched alkanes of at least 4 members (excludes halogenated alkanes) is 2. The van der Waals surface area contributed by atoms with Crippen LogP contribution in [-0.4, -0.2) is 11.9 Å². The molecule has 2 rings (SSSR count). The quantitative estimate of drug-likeness (QED) is 0.772. The lowest BCUT2D eigenvalue weighted by molar-refractivity contribution is 0.0938. The third kappa shape index (κ3) is 3.80. The first-order chi connectivity index (χ1) is 9.20. The van der Waals surface area contributed by atoms with Gasteiger partial charge >= 0.3 is 0 Å². The van der Waals surface area contributed by atoms with Crippen LogP contribution in [0.3, 0.4) is 0 Å². The average Bonchev–Trinajstić information content (AvgIpc) is 2.86. The number of carbonyl (C=O) groups excluding carboxylic acids is 1. The predicted molar refractivity (Wildman–Crippen MR) is 78.1 cm³/mol. The van der Waals surface area contributed by atoms with Gasteiger partial charge in [0, 0.05) is 24.7 Å². The Balaban J connectivity index is 1.89. The molecule has 1 atom stereocenters. The molecule has 1 aliphatic rings. The lowest BCUT2D eigenvalue weighted by Crippen LogP contribution is -2.32. The molecule has 0 saturated heterocycles. The van der Waals surface area contributed by atoms with Gasteiger partial charge in [-0.05, 0) is 36.6 Å². The summed E-state index contributed by atoms with van der Waals surface area (Å²) in [7, 11) is 0. The summed E-state index contributed by atoms with van der Waals surface area (Å²) in [6, 6.07) is 6.26. The van der Waals surface area contributed by atoms with Gasteiger partial charge in [0.25, 0.3) is 5.91 Å².